The highest BCUT2D eigenvalue weighted by atomic mass is 19.4. The van der Waals surface area contributed by atoms with Crippen LogP contribution in [-0.4, -0.2) is 16.5 Å². The zero-order valence-electron chi connectivity index (χ0n) is 9.04. The van der Waals surface area contributed by atoms with Crippen molar-refractivity contribution in [3.63, 3.8) is 0 Å². The first kappa shape index (κ1) is 11.6. The molecule has 3 nitrogen and oxygen atoms in total. The van der Waals surface area contributed by atoms with Gasteiger partial charge in [-0.3, -0.25) is 0 Å². The molecule has 0 bridgehead atoms. The monoisotopic (exact) mass is 241 g/mol. The number of fused-ring (bicyclic) bond motifs is 1. The molecule has 0 amide bonds. The molecule has 0 aliphatic rings. The van der Waals surface area contributed by atoms with E-state index in [1.54, 1.807) is 25.1 Å². The second-order valence-electron chi connectivity index (χ2n) is 3.44. The summed E-state index contributed by atoms with van der Waals surface area (Å²) in [6, 6.07) is 6.47. The minimum Gasteiger partial charge on any atom is -0.369 e. The highest BCUT2D eigenvalue weighted by Gasteiger charge is 2.36. The molecule has 17 heavy (non-hydrogen) atoms. The lowest BCUT2D eigenvalue weighted by molar-refractivity contribution is -0.140. The lowest BCUT2D eigenvalue weighted by Gasteiger charge is -2.12. The van der Waals surface area contributed by atoms with Gasteiger partial charge in [-0.2, -0.15) is 13.2 Å². The number of aromatic nitrogens is 2. The number of alkyl halides is 3. The van der Waals surface area contributed by atoms with Crippen LogP contribution in [0, 0.1) is 0 Å². The summed E-state index contributed by atoms with van der Waals surface area (Å²) in [7, 11) is 0. The fraction of sp³-hybridized carbons (Fsp3) is 0.273. The van der Waals surface area contributed by atoms with Crippen molar-refractivity contribution in [1.82, 2.24) is 9.97 Å². The Kier molecular flexibility index (Phi) is 2.87. The van der Waals surface area contributed by atoms with Gasteiger partial charge in [0.05, 0.1) is 11.0 Å². The summed E-state index contributed by atoms with van der Waals surface area (Å²) in [4.78, 5) is 7.55. The molecule has 1 aromatic heterocycles. The van der Waals surface area contributed by atoms with E-state index in [-0.39, 0.29) is 11.3 Å². The number of nitrogens with one attached hydrogen (secondary N) is 1. The summed E-state index contributed by atoms with van der Waals surface area (Å²) in [5.41, 5.74) is -0.295. The van der Waals surface area contributed by atoms with Gasteiger partial charge in [0, 0.05) is 6.54 Å². The number of nitrogens with zero attached hydrogens (tertiary/aromatic N) is 2. The molecule has 0 fully saturated rings. The normalized spacial score (nSPS) is 11.8. The van der Waals surface area contributed by atoms with Crippen LogP contribution in [0.5, 0.6) is 0 Å². The molecule has 1 aromatic carbocycles. The van der Waals surface area contributed by atoms with Crippen molar-refractivity contribution < 1.29 is 13.2 Å². The third-order valence-electron chi connectivity index (χ3n) is 2.18. The average molecular weight is 241 g/mol. The van der Waals surface area contributed by atoms with E-state index in [4.69, 9.17) is 0 Å². The summed E-state index contributed by atoms with van der Waals surface area (Å²) in [6.07, 6.45) is -4.51. The van der Waals surface area contributed by atoms with E-state index >= 15 is 0 Å². The molecule has 0 saturated carbocycles. The standard InChI is InChI=1S/C11H10F3N3/c1-2-15-10-9(11(12,13)14)16-7-5-3-4-6-8(7)17-10/h3-6H,2H2,1H3,(H,15,17). The first-order chi connectivity index (χ1) is 8.02. The van der Waals surface area contributed by atoms with Crippen molar-refractivity contribution in [2.45, 2.75) is 13.1 Å². The van der Waals surface area contributed by atoms with Crippen LogP contribution < -0.4 is 5.32 Å². The molecule has 1 heterocycles. The van der Waals surface area contributed by atoms with Gasteiger partial charge in [0.15, 0.2) is 11.5 Å². The van der Waals surface area contributed by atoms with E-state index < -0.39 is 11.9 Å². The predicted molar refractivity (Wildman–Crippen MR) is 58.7 cm³/mol. The van der Waals surface area contributed by atoms with Crippen molar-refractivity contribution in [2.24, 2.45) is 0 Å². The fourth-order valence-electron chi connectivity index (χ4n) is 1.49. The summed E-state index contributed by atoms with van der Waals surface area (Å²) in [5.74, 6) is -0.223. The van der Waals surface area contributed by atoms with Crippen molar-refractivity contribution in [3.8, 4) is 0 Å². The average Bonchev–Trinajstić information content (AvgIpc) is 2.27. The first-order valence-electron chi connectivity index (χ1n) is 5.10. The smallest absolute Gasteiger partial charge is 0.369 e. The Morgan fingerprint density at radius 3 is 2.24 bits per heavy atom. The van der Waals surface area contributed by atoms with Crippen LogP contribution in [0.4, 0.5) is 19.0 Å². The first-order valence-corrected chi connectivity index (χ1v) is 5.10. The molecule has 0 aliphatic heterocycles. The number of anilines is 1. The van der Waals surface area contributed by atoms with Gasteiger partial charge in [-0.1, -0.05) is 12.1 Å². The molecule has 1 N–H and O–H groups in total. The van der Waals surface area contributed by atoms with Crippen LogP contribution in [0.1, 0.15) is 12.6 Å². The van der Waals surface area contributed by atoms with E-state index in [2.05, 4.69) is 15.3 Å². The van der Waals surface area contributed by atoms with E-state index in [9.17, 15) is 13.2 Å². The number of halogens is 3. The minimum absolute atomic E-state index is 0.223. The lowest BCUT2D eigenvalue weighted by Crippen LogP contribution is -2.14. The van der Waals surface area contributed by atoms with Crippen LogP contribution in [-0.2, 0) is 6.18 Å². The Hall–Kier alpha value is -1.85. The number of para-hydroxylation sites is 2. The molecule has 0 aliphatic carbocycles. The molecule has 90 valence electrons. The van der Waals surface area contributed by atoms with Crippen molar-refractivity contribution in [2.75, 3.05) is 11.9 Å². The van der Waals surface area contributed by atoms with Gasteiger partial charge in [-0.15, -0.1) is 0 Å². The number of benzene rings is 1. The maximum Gasteiger partial charge on any atom is 0.437 e. The lowest BCUT2D eigenvalue weighted by atomic mass is 10.2. The Morgan fingerprint density at radius 2 is 1.71 bits per heavy atom. The summed E-state index contributed by atoms with van der Waals surface area (Å²) in [5, 5.41) is 2.58. The molecular weight excluding hydrogens is 231 g/mol. The maximum atomic E-state index is 12.8. The van der Waals surface area contributed by atoms with Crippen molar-refractivity contribution >= 4 is 16.9 Å². The van der Waals surface area contributed by atoms with Crippen molar-refractivity contribution in [1.29, 1.82) is 0 Å². The van der Waals surface area contributed by atoms with Gasteiger partial charge in [0.2, 0.25) is 0 Å². The minimum atomic E-state index is -4.51. The van der Waals surface area contributed by atoms with Gasteiger partial charge >= 0.3 is 6.18 Å². The molecule has 0 spiro atoms. The Labute approximate surface area is 95.7 Å². The number of hydrogen-bond donors (Lipinski definition) is 1. The van der Waals surface area contributed by atoms with Gasteiger partial charge in [0.1, 0.15) is 0 Å². The molecule has 0 radical (unpaired) electrons. The number of rotatable bonds is 2. The number of hydrogen-bond acceptors (Lipinski definition) is 3. The second kappa shape index (κ2) is 4.20. The van der Waals surface area contributed by atoms with Gasteiger partial charge in [-0.25, -0.2) is 9.97 Å². The van der Waals surface area contributed by atoms with Crippen LogP contribution in [0.3, 0.4) is 0 Å². The third kappa shape index (κ3) is 2.30. The largest absolute Gasteiger partial charge is 0.437 e. The molecule has 0 atom stereocenters. The molecular formula is C11H10F3N3. The van der Waals surface area contributed by atoms with Gasteiger partial charge < -0.3 is 5.32 Å². The fourth-order valence-corrected chi connectivity index (χ4v) is 1.49. The summed E-state index contributed by atoms with van der Waals surface area (Å²) < 4.78 is 38.3. The van der Waals surface area contributed by atoms with E-state index in [1.165, 1.54) is 6.07 Å². The van der Waals surface area contributed by atoms with Crippen molar-refractivity contribution in [3.05, 3.63) is 30.0 Å². The van der Waals surface area contributed by atoms with Crippen LogP contribution >= 0.6 is 0 Å². The Bertz CT molecular complexity index is 537. The molecule has 0 saturated heterocycles. The SMILES string of the molecule is CCNc1nc2ccccc2nc1C(F)(F)F. The Balaban J connectivity index is 2.66. The summed E-state index contributed by atoms with van der Waals surface area (Å²) >= 11 is 0. The topological polar surface area (TPSA) is 37.8 Å². The molecule has 0 unspecified atom stereocenters. The molecule has 2 aromatic rings. The van der Waals surface area contributed by atoms with E-state index in [0.29, 0.717) is 12.1 Å². The zero-order valence-corrected chi connectivity index (χ0v) is 9.04. The highest BCUT2D eigenvalue weighted by molar-refractivity contribution is 5.76. The second-order valence-corrected chi connectivity index (χ2v) is 3.44. The quantitative estimate of drug-likeness (QED) is 0.877. The predicted octanol–water partition coefficient (Wildman–Crippen LogP) is 3.08. The maximum absolute atomic E-state index is 12.8. The summed E-state index contributed by atoms with van der Waals surface area (Å²) in [6.45, 7) is 2.06. The zero-order chi connectivity index (χ0) is 12.5. The van der Waals surface area contributed by atoms with Crippen LogP contribution in [0.15, 0.2) is 24.3 Å². The van der Waals surface area contributed by atoms with E-state index in [0.717, 1.165) is 0 Å². The van der Waals surface area contributed by atoms with Crippen LogP contribution in [0.25, 0.3) is 11.0 Å². The Morgan fingerprint density at radius 1 is 1.12 bits per heavy atom. The molecule has 6 heteroatoms. The van der Waals surface area contributed by atoms with Crippen LogP contribution in [0.2, 0.25) is 0 Å². The van der Waals surface area contributed by atoms with Gasteiger partial charge in [0.25, 0.3) is 0 Å². The highest BCUT2D eigenvalue weighted by Crippen LogP contribution is 2.33. The molecule has 2 rings (SSSR count). The van der Waals surface area contributed by atoms with E-state index in [1.807, 2.05) is 0 Å². The van der Waals surface area contributed by atoms with Gasteiger partial charge in [-0.05, 0) is 19.1 Å². The third-order valence-corrected chi connectivity index (χ3v) is 2.18.